The lowest BCUT2D eigenvalue weighted by atomic mass is 9.82. The normalized spacial score (nSPS) is 22.9. The molecule has 1 fully saturated rings. The Morgan fingerprint density at radius 2 is 1.87 bits per heavy atom. The summed E-state index contributed by atoms with van der Waals surface area (Å²) < 4.78 is 26.3. The van der Waals surface area contributed by atoms with Gasteiger partial charge in [-0.2, -0.15) is 4.31 Å². The van der Waals surface area contributed by atoms with Gasteiger partial charge in [0, 0.05) is 43.4 Å². The summed E-state index contributed by atoms with van der Waals surface area (Å²) in [6.45, 7) is 6.41. The number of carboxylic acids is 1. The number of hydrogen-bond donors (Lipinski definition) is 1. The quantitative estimate of drug-likeness (QED) is 0.710. The maximum atomic E-state index is 13.4. The third-order valence-corrected chi connectivity index (χ3v) is 7.45. The van der Waals surface area contributed by atoms with E-state index in [0.717, 1.165) is 31.4 Å². The van der Waals surface area contributed by atoms with E-state index in [1.165, 1.54) is 26.3 Å². The van der Waals surface area contributed by atoms with Crippen LogP contribution >= 0.6 is 0 Å². The fraction of sp³-hybridized carbons (Fsp3) is 0.667. The summed E-state index contributed by atoms with van der Waals surface area (Å²) in [4.78, 5) is 26.8. The Morgan fingerprint density at radius 3 is 2.35 bits per heavy atom. The lowest BCUT2D eigenvalue weighted by Crippen LogP contribution is -2.43. The molecular formula is C21H32N4O5S. The van der Waals surface area contributed by atoms with Gasteiger partial charge in [0.05, 0.1) is 6.26 Å². The van der Waals surface area contributed by atoms with Crippen molar-refractivity contribution in [3.8, 4) is 0 Å². The van der Waals surface area contributed by atoms with E-state index in [-0.39, 0.29) is 35.8 Å². The monoisotopic (exact) mass is 452 g/mol. The molecule has 1 aromatic heterocycles. The van der Waals surface area contributed by atoms with Gasteiger partial charge in [0.25, 0.3) is 0 Å². The average molecular weight is 453 g/mol. The van der Waals surface area contributed by atoms with Gasteiger partial charge in [0.2, 0.25) is 15.9 Å². The molecule has 1 saturated carbocycles. The number of carbonyl (C=O) groups is 2. The van der Waals surface area contributed by atoms with Crippen molar-refractivity contribution in [2.45, 2.75) is 58.9 Å². The molecular weight excluding hydrogens is 420 g/mol. The van der Waals surface area contributed by atoms with Gasteiger partial charge >= 0.3 is 5.97 Å². The van der Waals surface area contributed by atoms with Crippen molar-refractivity contribution in [3.05, 3.63) is 17.8 Å². The van der Waals surface area contributed by atoms with Crippen LogP contribution in [-0.4, -0.2) is 64.9 Å². The highest BCUT2D eigenvalue weighted by atomic mass is 32.2. The topological polar surface area (TPSA) is 113 Å². The van der Waals surface area contributed by atoms with E-state index in [1.807, 2.05) is 13.8 Å². The molecule has 0 atom stereocenters. The van der Waals surface area contributed by atoms with Gasteiger partial charge in [-0.15, -0.1) is 5.10 Å². The van der Waals surface area contributed by atoms with E-state index in [2.05, 4.69) is 12.0 Å². The molecule has 2 aliphatic rings. The largest absolute Gasteiger partial charge is 0.477 e. The second-order valence-corrected chi connectivity index (χ2v) is 10.9. The predicted octanol–water partition coefficient (Wildman–Crippen LogP) is 2.66. The van der Waals surface area contributed by atoms with Gasteiger partial charge in [-0.05, 0) is 51.5 Å². The van der Waals surface area contributed by atoms with Crippen LogP contribution in [0.1, 0.15) is 63.2 Å². The smallest absolute Gasteiger partial charge is 0.341 e. The van der Waals surface area contributed by atoms with E-state index in [1.54, 1.807) is 6.08 Å². The van der Waals surface area contributed by atoms with Gasteiger partial charge in [-0.1, -0.05) is 6.92 Å². The van der Waals surface area contributed by atoms with Crippen LogP contribution in [0.25, 0.3) is 5.70 Å². The number of carbonyl (C=O) groups excluding carboxylic acids is 1. The molecule has 0 aromatic carbocycles. The average Bonchev–Trinajstić information content (AvgIpc) is 3.13. The van der Waals surface area contributed by atoms with Crippen LogP contribution in [0.2, 0.25) is 0 Å². The Morgan fingerprint density at radius 1 is 1.23 bits per heavy atom. The molecule has 0 unspecified atom stereocenters. The summed E-state index contributed by atoms with van der Waals surface area (Å²) in [6, 6.07) is -0.241. The molecule has 9 nitrogen and oxygen atoms in total. The van der Waals surface area contributed by atoms with Crippen molar-refractivity contribution < 1.29 is 23.1 Å². The summed E-state index contributed by atoms with van der Waals surface area (Å²) in [7, 11) is -3.29. The summed E-state index contributed by atoms with van der Waals surface area (Å²) in [5.74, 6) is -0.586. The second kappa shape index (κ2) is 9.12. The molecule has 1 aliphatic heterocycles. The molecule has 2 heterocycles. The molecule has 172 valence electrons. The number of aromatic carboxylic acids is 1. The van der Waals surface area contributed by atoms with Crippen LogP contribution < -0.4 is 4.90 Å². The Balaban J connectivity index is 1.92. The number of sulfonamides is 1. The first-order valence-corrected chi connectivity index (χ1v) is 12.6. The maximum absolute atomic E-state index is 13.4. The van der Waals surface area contributed by atoms with Crippen molar-refractivity contribution in [1.82, 2.24) is 14.1 Å². The van der Waals surface area contributed by atoms with Crippen molar-refractivity contribution in [2.75, 3.05) is 24.2 Å². The standard InChI is InChI=1S/C21H32N4O5S/c1-14(2)25(20(26)16-7-5-15(3)6-8-16)19-18(21(27)28)13-24(22-19)17-9-11-23(12-10-17)31(4,29)30/h9,13-16H,5-8,10-12H2,1-4H3,(H,27,28)/t15-,16-. The molecule has 1 aliphatic carbocycles. The lowest BCUT2D eigenvalue weighted by molar-refractivity contribution is -0.124. The van der Waals surface area contributed by atoms with Crippen LogP contribution in [-0.2, 0) is 14.8 Å². The van der Waals surface area contributed by atoms with E-state index >= 15 is 0 Å². The van der Waals surface area contributed by atoms with Crippen molar-refractivity contribution in [3.63, 3.8) is 0 Å². The molecule has 0 radical (unpaired) electrons. The first-order valence-electron chi connectivity index (χ1n) is 10.8. The summed E-state index contributed by atoms with van der Waals surface area (Å²) >= 11 is 0. The van der Waals surface area contributed by atoms with E-state index in [0.29, 0.717) is 18.9 Å². The van der Waals surface area contributed by atoms with Gasteiger partial charge in [-0.3, -0.25) is 9.69 Å². The Bertz CT molecular complexity index is 974. The fourth-order valence-corrected chi connectivity index (χ4v) is 5.07. The zero-order valence-corrected chi connectivity index (χ0v) is 19.4. The molecule has 0 spiro atoms. The minimum absolute atomic E-state index is 0.0299. The van der Waals surface area contributed by atoms with Crippen molar-refractivity contribution >= 4 is 33.4 Å². The number of rotatable bonds is 6. The highest BCUT2D eigenvalue weighted by Crippen LogP contribution is 2.33. The zero-order chi connectivity index (χ0) is 22.9. The maximum Gasteiger partial charge on any atom is 0.341 e. The number of amides is 1. The van der Waals surface area contributed by atoms with Crippen molar-refractivity contribution in [2.24, 2.45) is 11.8 Å². The van der Waals surface area contributed by atoms with Crippen molar-refractivity contribution in [1.29, 1.82) is 0 Å². The van der Waals surface area contributed by atoms with Gasteiger partial charge < -0.3 is 5.11 Å². The second-order valence-electron chi connectivity index (χ2n) is 8.94. The Labute approximate surface area is 183 Å². The van der Waals surface area contributed by atoms with Gasteiger partial charge in [0.15, 0.2) is 5.82 Å². The molecule has 0 bridgehead atoms. The van der Waals surface area contributed by atoms with Crippen LogP contribution in [0.5, 0.6) is 0 Å². The highest BCUT2D eigenvalue weighted by Gasteiger charge is 2.34. The Kier molecular flexibility index (Phi) is 6.90. The molecule has 10 heteroatoms. The lowest BCUT2D eigenvalue weighted by Gasteiger charge is -2.32. The van der Waals surface area contributed by atoms with Gasteiger partial charge in [0.1, 0.15) is 5.56 Å². The third-order valence-electron chi connectivity index (χ3n) is 6.18. The predicted molar refractivity (Wildman–Crippen MR) is 118 cm³/mol. The molecule has 1 aromatic rings. The SMILES string of the molecule is CC(C)N(c1nn(C2=CCN(S(C)(=O)=O)CC2)cc1C(=O)O)C(=O)[C@H]1CC[C@H](C)CC1. The van der Waals surface area contributed by atoms with Crippen LogP contribution in [0.3, 0.4) is 0 Å². The molecule has 0 saturated heterocycles. The number of hydrogen-bond acceptors (Lipinski definition) is 5. The van der Waals surface area contributed by atoms with E-state index in [4.69, 9.17) is 0 Å². The molecule has 31 heavy (non-hydrogen) atoms. The zero-order valence-electron chi connectivity index (χ0n) is 18.6. The van der Waals surface area contributed by atoms with Crippen LogP contribution in [0.4, 0.5) is 5.82 Å². The summed E-state index contributed by atoms with van der Waals surface area (Å²) in [6.07, 6.45) is 8.32. The van der Waals surface area contributed by atoms with Crippen LogP contribution in [0, 0.1) is 11.8 Å². The first-order chi connectivity index (χ1) is 14.5. The summed E-state index contributed by atoms with van der Waals surface area (Å²) in [5.41, 5.74) is 0.689. The number of anilines is 1. The van der Waals surface area contributed by atoms with E-state index < -0.39 is 16.0 Å². The molecule has 1 amide bonds. The number of nitrogens with zero attached hydrogens (tertiary/aromatic N) is 4. The van der Waals surface area contributed by atoms with E-state index in [9.17, 15) is 23.1 Å². The minimum atomic E-state index is -3.29. The first kappa shape index (κ1) is 23.5. The molecule has 3 rings (SSSR count). The number of carboxylic acid groups (broad SMARTS) is 1. The Hall–Kier alpha value is -2.20. The van der Waals surface area contributed by atoms with Gasteiger partial charge in [-0.25, -0.2) is 17.9 Å². The molecule has 1 N–H and O–H groups in total. The third kappa shape index (κ3) is 5.17. The fourth-order valence-electron chi connectivity index (χ4n) is 4.30. The van der Waals surface area contributed by atoms with Crippen LogP contribution in [0.15, 0.2) is 12.3 Å². The highest BCUT2D eigenvalue weighted by molar-refractivity contribution is 7.88. The minimum Gasteiger partial charge on any atom is -0.477 e. The summed E-state index contributed by atoms with van der Waals surface area (Å²) in [5, 5.41) is 14.3. The number of aromatic nitrogens is 2.